The van der Waals surface area contributed by atoms with Gasteiger partial charge in [0.05, 0.1) is 5.56 Å². The number of hydrogen-bond acceptors (Lipinski definition) is 3. The first kappa shape index (κ1) is 16.5. The topological polar surface area (TPSA) is 29.5 Å². The summed E-state index contributed by atoms with van der Waals surface area (Å²) in [5.74, 6) is 1.20. The predicted molar refractivity (Wildman–Crippen MR) is 107 cm³/mol. The van der Waals surface area contributed by atoms with E-state index < -0.39 is 0 Å². The van der Waals surface area contributed by atoms with Crippen molar-refractivity contribution in [1.29, 1.82) is 0 Å². The third-order valence-corrected chi connectivity index (χ3v) is 5.78. The van der Waals surface area contributed by atoms with E-state index >= 15 is 0 Å². The first-order chi connectivity index (χ1) is 13.3. The third kappa shape index (κ3) is 3.02. The van der Waals surface area contributed by atoms with Crippen LogP contribution in [-0.4, -0.2) is 23.8 Å². The Balaban J connectivity index is 1.43. The maximum atomic E-state index is 12.9. The molecule has 1 fully saturated rings. The van der Waals surface area contributed by atoms with Crippen LogP contribution >= 0.6 is 0 Å². The van der Waals surface area contributed by atoms with Crippen LogP contribution in [0.1, 0.15) is 46.3 Å². The van der Waals surface area contributed by atoms with Crippen molar-refractivity contribution in [3.05, 3.63) is 82.6 Å². The van der Waals surface area contributed by atoms with Gasteiger partial charge in [0.1, 0.15) is 5.75 Å². The van der Waals surface area contributed by atoms with Crippen molar-refractivity contribution >= 4 is 11.4 Å². The predicted octanol–water partition coefficient (Wildman–Crippen LogP) is 4.77. The van der Waals surface area contributed by atoms with Crippen LogP contribution in [0, 0.1) is 0 Å². The van der Waals surface area contributed by atoms with Crippen LogP contribution in [0.3, 0.4) is 0 Å². The molecule has 5 rings (SSSR count). The molecular formula is C24H23NO2. The molecule has 0 aromatic heterocycles. The second kappa shape index (κ2) is 6.82. The van der Waals surface area contributed by atoms with Crippen LogP contribution in [0.15, 0.2) is 60.4 Å². The van der Waals surface area contributed by atoms with E-state index in [9.17, 15) is 4.79 Å². The molecule has 0 amide bonds. The highest BCUT2D eigenvalue weighted by molar-refractivity contribution is 6.13. The molecule has 3 nitrogen and oxygen atoms in total. The number of hydrogen-bond donors (Lipinski definition) is 0. The van der Waals surface area contributed by atoms with Crippen LogP contribution in [0.5, 0.6) is 5.75 Å². The molecule has 0 N–H and O–H groups in total. The van der Waals surface area contributed by atoms with E-state index in [0.717, 1.165) is 42.9 Å². The summed E-state index contributed by atoms with van der Waals surface area (Å²) in [5, 5.41) is 0. The summed E-state index contributed by atoms with van der Waals surface area (Å²) >= 11 is 0. The number of piperidine rings is 1. The van der Waals surface area contributed by atoms with Gasteiger partial charge in [-0.15, -0.1) is 0 Å². The van der Waals surface area contributed by atoms with E-state index in [1.165, 1.54) is 30.4 Å². The van der Waals surface area contributed by atoms with E-state index in [0.29, 0.717) is 11.3 Å². The van der Waals surface area contributed by atoms with Gasteiger partial charge in [-0.3, -0.25) is 9.69 Å². The minimum atomic E-state index is -0.00391. The monoisotopic (exact) mass is 357 g/mol. The lowest BCUT2D eigenvalue weighted by Crippen LogP contribution is -2.29. The normalized spacial score (nSPS) is 20.4. The van der Waals surface area contributed by atoms with Crippen molar-refractivity contribution in [3.8, 4) is 5.75 Å². The second-order valence-corrected chi connectivity index (χ2v) is 7.59. The number of fused-ring (bicyclic) bond motifs is 2. The van der Waals surface area contributed by atoms with Crippen LogP contribution in [0.4, 0.5) is 0 Å². The van der Waals surface area contributed by atoms with Crippen LogP contribution < -0.4 is 4.74 Å². The van der Waals surface area contributed by atoms with E-state index in [2.05, 4.69) is 35.2 Å². The van der Waals surface area contributed by atoms with Crippen molar-refractivity contribution < 1.29 is 9.53 Å². The molecule has 2 aromatic rings. The molecule has 1 aliphatic carbocycles. The number of nitrogens with zero attached hydrogens (tertiary/aromatic N) is 1. The Kier molecular flexibility index (Phi) is 4.17. The number of carbonyl (C=O) groups is 1. The molecule has 0 atom stereocenters. The zero-order chi connectivity index (χ0) is 18.2. The highest BCUT2D eigenvalue weighted by atomic mass is 16.5. The van der Waals surface area contributed by atoms with Crippen LogP contribution in [0.25, 0.3) is 5.57 Å². The van der Waals surface area contributed by atoms with Crippen molar-refractivity contribution in [1.82, 2.24) is 4.90 Å². The van der Waals surface area contributed by atoms with Gasteiger partial charge in [-0.25, -0.2) is 0 Å². The Morgan fingerprint density at radius 3 is 2.67 bits per heavy atom. The molecule has 0 unspecified atom stereocenters. The summed E-state index contributed by atoms with van der Waals surface area (Å²) in [6.45, 7) is 3.11. The van der Waals surface area contributed by atoms with Gasteiger partial charge < -0.3 is 4.74 Å². The Hall–Kier alpha value is -2.65. The molecule has 3 aliphatic rings. The maximum Gasteiger partial charge on any atom is 0.231 e. The summed E-state index contributed by atoms with van der Waals surface area (Å²) < 4.78 is 6.11. The quantitative estimate of drug-likeness (QED) is 0.741. The van der Waals surface area contributed by atoms with Gasteiger partial charge in [0.2, 0.25) is 5.78 Å². The number of ketones is 1. The van der Waals surface area contributed by atoms with Crippen LogP contribution in [0.2, 0.25) is 0 Å². The van der Waals surface area contributed by atoms with Crippen molar-refractivity contribution in [2.24, 2.45) is 0 Å². The molecule has 3 heteroatoms. The molecule has 0 bridgehead atoms. The summed E-state index contributed by atoms with van der Waals surface area (Å²) in [6, 6.07) is 14.3. The van der Waals surface area contributed by atoms with Crippen molar-refractivity contribution in [2.45, 2.75) is 32.2 Å². The van der Waals surface area contributed by atoms with Crippen LogP contribution in [-0.2, 0) is 13.0 Å². The molecular weight excluding hydrogens is 334 g/mol. The van der Waals surface area contributed by atoms with E-state index in [-0.39, 0.29) is 5.78 Å². The number of benzene rings is 2. The number of carbonyl (C=O) groups excluding carboxylic acids is 1. The minimum absolute atomic E-state index is 0.00391. The average Bonchev–Trinajstić information content (AvgIpc) is 3.26. The number of likely N-dealkylation sites (tertiary alicyclic amines) is 1. The number of para-hydroxylation sites is 1. The van der Waals surface area contributed by atoms with Crippen molar-refractivity contribution in [2.75, 3.05) is 13.1 Å². The number of Topliss-reactive ketones (excluding diaryl/α,β-unsaturated/α-hetero) is 1. The lowest BCUT2D eigenvalue weighted by molar-refractivity contribution is 0.101. The van der Waals surface area contributed by atoms with Gasteiger partial charge in [-0.1, -0.05) is 48.9 Å². The van der Waals surface area contributed by atoms with Crippen molar-refractivity contribution in [3.63, 3.8) is 0 Å². The zero-order valence-corrected chi connectivity index (χ0v) is 15.4. The summed E-state index contributed by atoms with van der Waals surface area (Å²) in [6.07, 6.45) is 8.84. The fourth-order valence-electron chi connectivity index (χ4n) is 4.34. The molecule has 2 heterocycles. The molecule has 136 valence electrons. The average molecular weight is 357 g/mol. The molecule has 0 radical (unpaired) electrons. The standard InChI is InChI=1S/C24H23NO2/c26-23-21-10-6-8-19(16-25-13-4-1-5-14-25)24(21)27-22(23)15-18-12-11-17-7-2-3-9-20(17)18/h2-3,6-10,12,15H,1,4-5,11,13-14,16H2/b22-15-. The summed E-state index contributed by atoms with van der Waals surface area (Å²) in [4.78, 5) is 15.4. The maximum absolute atomic E-state index is 12.9. The number of allylic oxidation sites excluding steroid dienone is 4. The Labute approximate surface area is 160 Å². The molecule has 27 heavy (non-hydrogen) atoms. The molecule has 0 spiro atoms. The molecule has 0 saturated carbocycles. The molecule has 2 aliphatic heterocycles. The summed E-state index contributed by atoms with van der Waals surface area (Å²) in [7, 11) is 0. The highest BCUT2D eigenvalue weighted by Gasteiger charge is 2.30. The lowest BCUT2D eigenvalue weighted by atomic mass is 10.0. The largest absolute Gasteiger partial charge is 0.452 e. The first-order valence-corrected chi connectivity index (χ1v) is 9.86. The van der Waals surface area contributed by atoms with Gasteiger partial charge in [0.25, 0.3) is 0 Å². The van der Waals surface area contributed by atoms with Gasteiger partial charge in [-0.2, -0.15) is 0 Å². The molecule has 2 aromatic carbocycles. The smallest absolute Gasteiger partial charge is 0.231 e. The minimum Gasteiger partial charge on any atom is -0.452 e. The van der Waals surface area contributed by atoms with Gasteiger partial charge in [-0.05, 0) is 61.2 Å². The third-order valence-electron chi connectivity index (χ3n) is 5.78. The van der Waals surface area contributed by atoms with Gasteiger partial charge in [0, 0.05) is 12.1 Å². The first-order valence-electron chi connectivity index (χ1n) is 9.86. The zero-order valence-electron chi connectivity index (χ0n) is 15.4. The van der Waals surface area contributed by atoms with Gasteiger partial charge >= 0.3 is 0 Å². The number of ether oxygens (including phenoxy) is 1. The molecule has 1 saturated heterocycles. The van der Waals surface area contributed by atoms with E-state index in [4.69, 9.17) is 4.74 Å². The highest BCUT2D eigenvalue weighted by Crippen LogP contribution is 2.37. The number of rotatable bonds is 3. The Bertz CT molecular complexity index is 964. The lowest BCUT2D eigenvalue weighted by Gasteiger charge is -2.26. The summed E-state index contributed by atoms with van der Waals surface area (Å²) in [5.41, 5.74) is 5.40. The SMILES string of the molecule is O=C1/C(=C/C2=CCc3ccccc32)Oc2c(CN3CCCCC3)cccc21. The Morgan fingerprint density at radius 2 is 1.78 bits per heavy atom. The van der Waals surface area contributed by atoms with E-state index in [1.54, 1.807) is 0 Å². The van der Waals surface area contributed by atoms with E-state index in [1.807, 2.05) is 24.3 Å². The second-order valence-electron chi connectivity index (χ2n) is 7.59. The van der Waals surface area contributed by atoms with Gasteiger partial charge in [0.15, 0.2) is 5.76 Å². The fraction of sp³-hybridized carbons (Fsp3) is 0.292. The fourth-order valence-corrected chi connectivity index (χ4v) is 4.34. The Morgan fingerprint density at radius 1 is 0.963 bits per heavy atom.